The van der Waals surface area contributed by atoms with E-state index in [0.717, 1.165) is 12.0 Å². The van der Waals surface area contributed by atoms with Gasteiger partial charge in [-0.1, -0.05) is 17.7 Å². The fraction of sp³-hybridized carbons (Fsp3) is 0.350. The second-order valence-electron chi connectivity index (χ2n) is 6.64. The molecule has 0 saturated carbocycles. The van der Waals surface area contributed by atoms with Crippen molar-refractivity contribution in [3.05, 3.63) is 47.0 Å². The Morgan fingerprint density at radius 2 is 2.00 bits per heavy atom. The van der Waals surface area contributed by atoms with Crippen LogP contribution in [-0.4, -0.2) is 41.1 Å². The zero-order chi connectivity index (χ0) is 21.0. The fourth-order valence-electron chi connectivity index (χ4n) is 3.04. The minimum Gasteiger partial charge on any atom is -0.495 e. The van der Waals surface area contributed by atoms with Crippen molar-refractivity contribution in [3.63, 3.8) is 0 Å². The first-order valence-corrected chi connectivity index (χ1v) is 11.0. The molecule has 1 aliphatic heterocycles. The summed E-state index contributed by atoms with van der Waals surface area (Å²) in [5, 5.41) is 0.588. The Labute approximate surface area is 175 Å². The maximum atomic E-state index is 12.7. The lowest BCUT2D eigenvalue weighted by molar-refractivity contribution is -0.117. The van der Waals surface area contributed by atoms with Crippen molar-refractivity contribution < 1.29 is 22.7 Å². The van der Waals surface area contributed by atoms with Crippen molar-refractivity contribution >= 4 is 33.2 Å². The van der Waals surface area contributed by atoms with Crippen molar-refractivity contribution in [2.75, 3.05) is 31.7 Å². The molecular weight excluding hydrogens is 416 g/mol. The molecule has 0 aromatic heterocycles. The molecule has 2 aromatic rings. The van der Waals surface area contributed by atoms with Crippen LogP contribution in [-0.2, 0) is 14.8 Å². The van der Waals surface area contributed by atoms with E-state index in [4.69, 9.17) is 21.1 Å². The second kappa shape index (κ2) is 9.02. The number of hydrogen-bond donors (Lipinski definition) is 1. The number of ether oxygens (including phenoxy) is 2. The van der Waals surface area contributed by atoms with Crippen LogP contribution >= 0.6 is 11.6 Å². The van der Waals surface area contributed by atoms with Crippen molar-refractivity contribution in [2.45, 2.75) is 24.7 Å². The summed E-state index contributed by atoms with van der Waals surface area (Å²) in [4.78, 5) is 13.7. The minimum atomic E-state index is -3.77. The van der Waals surface area contributed by atoms with Gasteiger partial charge in [-0.2, -0.15) is 0 Å². The Morgan fingerprint density at radius 3 is 2.66 bits per heavy atom. The Bertz CT molecular complexity index is 1010. The quantitative estimate of drug-likeness (QED) is 0.640. The molecule has 3 rings (SSSR count). The number of nitrogens with zero attached hydrogens (tertiary/aromatic N) is 1. The lowest BCUT2D eigenvalue weighted by Crippen LogP contribution is -2.29. The molecule has 29 heavy (non-hydrogen) atoms. The van der Waals surface area contributed by atoms with Gasteiger partial charge < -0.3 is 14.4 Å². The first kappa shape index (κ1) is 21.4. The SMILES string of the molecule is COc1ccc(S(=O)(=O)NCCOc2ccc(C)c(Cl)c2)cc1N1CCCC1=O. The number of benzene rings is 2. The molecule has 1 heterocycles. The lowest BCUT2D eigenvalue weighted by atomic mass is 10.2. The molecular formula is C20H23ClN2O5S. The van der Waals surface area contributed by atoms with Crippen LogP contribution < -0.4 is 19.1 Å². The number of sulfonamides is 1. The number of carbonyl (C=O) groups excluding carboxylic acids is 1. The predicted molar refractivity (Wildman–Crippen MR) is 111 cm³/mol. The highest BCUT2D eigenvalue weighted by atomic mass is 35.5. The Kier molecular flexibility index (Phi) is 6.66. The number of nitrogens with one attached hydrogen (secondary N) is 1. The normalized spacial score (nSPS) is 14.3. The largest absolute Gasteiger partial charge is 0.495 e. The fourth-order valence-corrected chi connectivity index (χ4v) is 4.25. The van der Waals surface area contributed by atoms with Crippen molar-refractivity contribution in [1.29, 1.82) is 0 Å². The van der Waals surface area contributed by atoms with E-state index in [1.165, 1.54) is 19.2 Å². The summed E-state index contributed by atoms with van der Waals surface area (Å²) in [6, 6.07) is 9.77. The summed E-state index contributed by atoms with van der Waals surface area (Å²) in [6.45, 7) is 2.65. The van der Waals surface area contributed by atoms with Crippen LogP contribution in [0.1, 0.15) is 18.4 Å². The Hall–Kier alpha value is -2.29. The number of hydrogen-bond acceptors (Lipinski definition) is 5. The molecule has 0 aliphatic carbocycles. The highest BCUT2D eigenvalue weighted by Gasteiger charge is 2.26. The zero-order valence-corrected chi connectivity index (χ0v) is 17.8. The van der Waals surface area contributed by atoms with Crippen LogP contribution in [0.4, 0.5) is 5.69 Å². The van der Waals surface area contributed by atoms with E-state index < -0.39 is 10.0 Å². The molecule has 9 heteroatoms. The summed E-state index contributed by atoms with van der Waals surface area (Å²) in [5.41, 5.74) is 1.40. The number of anilines is 1. The number of carbonyl (C=O) groups is 1. The maximum Gasteiger partial charge on any atom is 0.240 e. The van der Waals surface area contributed by atoms with Crippen molar-refractivity contribution in [3.8, 4) is 11.5 Å². The second-order valence-corrected chi connectivity index (χ2v) is 8.81. The van der Waals surface area contributed by atoms with E-state index in [2.05, 4.69) is 4.72 Å². The third-order valence-electron chi connectivity index (χ3n) is 4.63. The number of amides is 1. The molecule has 1 fully saturated rings. The number of rotatable bonds is 8. The van der Waals surface area contributed by atoms with Crippen LogP contribution in [0.15, 0.2) is 41.3 Å². The van der Waals surface area contributed by atoms with Crippen LogP contribution in [0.3, 0.4) is 0 Å². The van der Waals surface area contributed by atoms with Gasteiger partial charge in [-0.3, -0.25) is 4.79 Å². The number of methoxy groups -OCH3 is 1. The molecule has 2 aromatic carbocycles. The van der Waals surface area contributed by atoms with Gasteiger partial charge in [-0.25, -0.2) is 13.1 Å². The third-order valence-corrected chi connectivity index (χ3v) is 6.50. The molecule has 0 unspecified atom stereocenters. The molecule has 1 N–H and O–H groups in total. The monoisotopic (exact) mass is 438 g/mol. The van der Waals surface area contributed by atoms with Gasteiger partial charge >= 0.3 is 0 Å². The summed E-state index contributed by atoms with van der Waals surface area (Å²) < 4.78 is 38.7. The molecule has 1 aliphatic rings. The third kappa shape index (κ3) is 5.01. The van der Waals surface area contributed by atoms with Gasteiger partial charge in [-0.05, 0) is 49.2 Å². The van der Waals surface area contributed by atoms with Gasteiger partial charge in [0.25, 0.3) is 0 Å². The van der Waals surface area contributed by atoms with Gasteiger partial charge in [0.15, 0.2) is 0 Å². The van der Waals surface area contributed by atoms with Crippen LogP contribution in [0, 0.1) is 6.92 Å². The number of halogens is 1. The molecule has 1 amide bonds. The van der Waals surface area contributed by atoms with E-state index in [0.29, 0.717) is 35.2 Å². The molecule has 7 nitrogen and oxygen atoms in total. The molecule has 0 spiro atoms. The Morgan fingerprint density at radius 1 is 1.21 bits per heavy atom. The molecule has 156 valence electrons. The molecule has 0 bridgehead atoms. The predicted octanol–water partition coefficient (Wildman–Crippen LogP) is 3.14. The highest BCUT2D eigenvalue weighted by molar-refractivity contribution is 7.89. The van der Waals surface area contributed by atoms with Gasteiger partial charge in [0, 0.05) is 24.5 Å². The van der Waals surface area contributed by atoms with E-state index in [1.807, 2.05) is 13.0 Å². The van der Waals surface area contributed by atoms with E-state index in [1.54, 1.807) is 23.1 Å². The first-order chi connectivity index (χ1) is 13.8. The smallest absolute Gasteiger partial charge is 0.240 e. The summed E-state index contributed by atoms with van der Waals surface area (Å²) in [7, 11) is -2.29. The van der Waals surface area contributed by atoms with Crippen LogP contribution in [0.2, 0.25) is 5.02 Å². The van der Waals surface area contributed by atoms with E-state index in [-0.39, 0.29) is 24.0 Å². The summed E-state index contributed by atoms with van der Waals surface area (Å²) in [5.74, 6) is 0.980. The van der Waals surface area contributed by atoms with Crippen molar-refractivity contribution in [1.82, 2.24) is 4.72 Å². The van der Waals surface area contributed by atoms with Crippen LogP contribution in [0.5, 0.6) is 11.5 Å². The molecule has 1 saturated heterocycles. The minimum absolute atomic E-state index is 0.0454. The van der Waals surface area contributed by atoms with Gasteiger partial charge in [0.05, 0.1) is 17.7 Å². The topological polar surface area (TPSA) is 84.9 Å². The zero-order valence-electron chi connectivity index (χ0n) is 16.3. The average molecular weight is 439 g/mol. The van der Waals surface area contributed by atoms with Gasteiger partial charge in [0.1, 0.15) is 18.1 Å². The van der Waals surface area contributed by atoms with Crippen molar-refractivity contribution in [2.24, 2.45) is 0 Å². The molecule has 0 atom stereocenters. The number of aryl methyl sites for hydroxylation is 1. The summed E-state index contributed by atoms with van der Waals surface area (Å²) in [6.07, 6.45) is 1.18. The highest BCUT2D eigenvalue weighted by Crippen LogP contribution is 2.33. The van der Waals surface area contributed by atoms with E-state index >= 15 is 0 Å². The average Bonchev–Trinajstić information content (AvgIpc) is 3.13. The van der Waals surface area contributed by atoms with Gasteiger partial charge in [0.2, 0.25) is 15.9 Å². The molecule has 0 radical (unpaired) electrons. The van der Waals surface area contributed by atoms with Gasteiger partial charge in [-0.15, -0.1) is 0 Å². The Balaban J connectivity index is 1.67. The summed E-state index contributed by atoms with van der Waals surface area (Å²) >= 11 is 6.05. The lowest BCUT2D eigenvalue weighted by Gasteiger charge is -2.20. The van der Waals surface area contributed by atoms with Crippen LogP contribution in [0.25, 0.3) is 0 Å². The maximum absolute atomic E-state index is 12.7. The standard InChI is InChI=1S/C20H23ClN2O5S/c1-14-5-6-15(12-17(14)21)28-11-9-22-29(25,26)16-7-8-19(27-2)18(13-16)23-10-3-4-20(23)24/h5-8,12-13,22H,3-4,9-11H2,1-2H3. The first-order valence-electron chi connectivity index (χ1n) is 9.19. The van der Waals surface area contributed by atoms with E-state index in [9.17, 15) is 13.2 Å².